The van der Waals surface area contributed by atoms with E-state index in [1.165, 1.54) is 24.8 Å². The van der Waals surface area contributed by atoms with Gasteiger partial charge < -0.3 is 10.1 Å². The Morgan fingerprint density at radius 2 is 1.62 bits per heavy atom. The number of aryl methyl sites for hydroxylation is 3. The zero-order valence-electron chi connectivity index (χ0n) is 20.3. The molecule has 2 N–H and O–H groups in total. The number of rotatable bonds is 9. The Kier molecular flexibility index (Phi) is 8.12. The first kappa shape index (κ1) is 25.5. The maximum absolute atomic E-state index is 13.0. The topological polar surface area (TPSA) is 84.5 Å². The zero-order chi connectivity index (χ0) is 24.9. The van der Waals surface area contributed by atoms with Gasteiger partial charge in [0, 0.05) is 12.1 Å². The van der Waals surface area contributed by atoms with Crippen molar-refractivity contribution in [2.24, 2.45) is 0 Å². The second-order valence-electron chi connectivity index (χ2n) is 8.49. The van der Waals surface area contributed by atoms with Crippen LogP contribution in [-0.4, -0.2) is 28.0 Å². The summed E-state index contributed by atoms with van der Waals surface area (Å²) < 4.78 is 33.9. The number of hydrogen-bond donors (Lipinski definition) is 2. The van der Waals surface area contributed by atoms with Gasteiger partial charge in [0.1, 0.15) is 10.6 Å². The number of carbonyl (C=O) groups is 1. The normalized spacial score (nSPS) is 12.3. The van der Waals surface area contributed by atoms with Crippen molar-refractivity contribution in [3.05, 3.63) is 94.0 Å². The van der Waals surface area contributed by atoms with E-state index in [4.69, 9.17) is 4.74 Å². The van der Waals surface area contributed by atoms with E-state index in [2.05, 4.69) is 29.1 Å². The molecule has 0 aliphatic rings. The highest BCUT2D eigenvalue weighted by molar-refractivity contribution is 7.89. The minimum atomic E-state index is -3.88. The van der Waals surface area contributed by atoms with E-state index in [1.807, 2.05) is 51.1 Å². The first-order valence-electron chi connectivity index (χ1n) is 11.2. The summed E-state index contributed by atoms with van der Waals surface area (Å²) in [4.78, 5) is 12.9. The molecule has 0 spiro atoms. The molecular formula is C27H32N2O4S. The third-order valence-corrected chi connectivity index (χ3v) is 7.44. The van der Waals surface area contributed by atoms with Crippen molar-refractivity contribution in [2.45, 2.75) is 45.1 Å². The minimum absolute atomic E-state index is 0.0641. The highest BCUT2D eigenvalue weighted by atomic mass is 32.2. The van der Waals surface area contributed by atoms with Crippen LogP contribution < -0.4 is 14.8 Å². The average Bonchev–Trinajstić information content (AvgIpc) is 2.81. The van der Waals surface area contributed by atoms with E-state index in [0.717, 1.165) is 22.3 Å². The molecule has 1 atom stereocenters. The zero-order valence-corrected chi connectivity index (χ0v) is 21.1. The lowest BCUT2D eigenvalue weighted by molar-refractivity contribution is 0.0939. The third-order valence-electron chi connectivity index (χ3n) is 5.96. The van der Waals surface area contributed by atoms with Crippen LogP contribution in [0.2, 0.25) is 0 Å². The van der Waals surface area contributed by atoms with Gasteiger partial charge in [0.15, 0.2) is 0 Å². The number of methoxy groups -OCH3 is 1. The minimum Gasteiger partial charge on any atom is -0.495 e. The monoisotopic (exact) mass is 480 g/mol. The Hall–Kier alpha value is -3.16. The molecule has 180 valence electrons. The van der Waals surface area contributed by atoms with Crippen LogP contribution in [-0.2, 0) is 16.4 Å². The van der Waals surface area contributed by atoms with Gasteiger partial charge in [-0.05, 0) is 80.1 Å². The Morgan fingerprint density at radius 1 is 0.941 bits per heavy atom. The van der Waals surface area contributed by atoms with Crippen molar-refractivity contribution in [1.82, 2.24) is 10.0 Å². The highest BCUT2D eigenvalue weighted by Crippen LogP contribution is 2.26. The number of amides is 1. The average molecular weight is 481 g/mol. The molecule has 0 aliphatic carbocycles. The van der Waals surface area contributed by atoms with Crippen LogP contribution in [0.4, 0.5) is 0 Å². The molecule has 3 aromatic rings. The lowest BCUT2D eigenvalue weighted by Gasteiger charge is -2.19. The number of nitrogens with one attached hydrogen (secondary N) is 2. The fourth-order valence-corrected chi connectivity index (χ4v) is 5.11. The molecule has 0 aliphatic heterocycles. The van der Waals surface area contributed by atoms with Crippen LogP contribution in [0.1, 0.15) is 51.1 Å². The second-order valence-corrected chi connectivity index (χ2v) is 10.2. The molecule has 0 heterocycles. The molecule has 3 aromatic carbocycles. The van der Waals surface area contributed by atoms with Crippen molar-refractivity contribution in [3.63, 3.8) is 0 Å². The van der Waals surface area contributed by atoms with Gasteiger partial charge in [-0.25, -0.2) is 13.1 Å². The molecule has 1 amide bonds. The molecule has 0 saturated carbocycles. The van der Waals surface area contributed by atoms with Crippen molar-refractivity contribution >= 4 is 15.9 Å². The molecule has 0 saturated heterocycles. The number of ether oxygens (including phenoxy) is 1. The van der Waals surface area contributed by atoms with Crippen LogP contribution in [0, 0.1) is 20.8 Å². The Morgan fingerprint density at radius 3 is 2.29 bits per heavy atom. The summed E-state index contributed by atoms with van der Waals surface area (Å²) in [7, 11) is -2.48. The maximum atomic E-state index is 13.0. The molecule has 0 bridgehead atoms. The molecule has 6 nitrogen and oxygen atoms in total. The van der Waals surface area contributed by atoms with E-state index >= 15 is 0 Å². The van der Waals surface area contributed by atoms with E-state index in [0.29, 0.717) is 6.42 Å². The number of carbonyl (C=O) groups excluding carboxylic acids is 1. The maximum Gasteiger partial charge on any atom is 0.251 e. The standard InChI is InChI=1S/C27H32N2O4S/c1-18-15-20(3)24(16-19(18)2)21(4)29-27(30)23-11-12-25(33-5)26(17-23)34(31,32)28-14-13-22-9-7-6-8-10-22/h6-12,15-17,21,28H,13-14H2,1-5H3,(H,29,30)/t21-/m1/s1. The van der Waals surface area contributed by atoms with E-state index < -0.39 is 10.0 Å². The lowest BCUT2D eigenvalue weighted by atomic mass is 9.96. The van der Waals surface area contributed by atoms with Crippen molar-refractivity contribution in [2.75, 3.05) is 13.7 Å². The summed E-state index contributed by atoms with van der Waals surface area (Å²) >= 11 is 0. The van der Waals surface area contributed by atoms with Crippen LogP contribution in [0.3, 0.4) is 0 Å². The van der Waals surface area contributed by atoms with Crippen molar-refractivity contribution < 1.29 is 17.9 Å². The van der Waals surface area contributed by atoms with Crippen LogP contribution in [0.5, 0.6) is 5.75 Å². The Bertz CT molecular complexity index is 1270. The molecule has 7 heteroatoms. The molecule has 0 unspecified atom stereocenters. The van der Waals surface area contributed by atoms with Crippen LogP contribution in [0.15, 0.2) is 65.6 Å². The number of hydrogen-bond acceptors (Lipinski definition) is 4. The van der Waals surface area contributed by atoms with Gasteiger partial charge >= 0.3 is 0 Å². The number of sulfonamides is 1. The second kappa shape index (κ2) is 10.8. The fraction of sp³-hybridized carbons (Fsp3) is 0.296. The fourth-order valence-electron chi connectivity index (χ4n) is 3.89. The summed E-state index contributed by atoms with van der Waals surface area (Å²) in [6.07, 6.45) is 0.551. The van der Waals surface area contributed by atoms with Gasteiger partial charge in [-0.15, -0.1) is 0 Å². The molecule has 0 fully saturated rings. The summed E-state index contributed by atoms with van der Waals surface area (Å²) in [6, 6.07) is 18.0. The largest absolute Gasteiger partial charge is 0.495 e. The Labute approximate surface area is 202 Å². The highest BCUT2D eigenvalue weighted by Gasteiger charge is 2.22. The molecule has 0 radical (unpaired) electrons. The van der Waals surface area contributed by atoms with Crippen molar-refractivity contribution in [1.29, 1.82) is 0 Å². The molecular weight excluding hydrogens is 448 g/mol. The smallest absolute Gasteiger partial charge is 0.251 e. The summed E-state index contributed by atoms with van der Waals surface area (Å²) in [5.41, 5.74) is 5.75. The van der Waals surface area contributed by atoms with Crippen LogP contribution in [0.25, 0.3) is 0 Å². The Balaban J connectivity index is 1.78. The quantitative estimate of drug-likeness (QED) is 0.468. The van der Waals surface area contributed by atoms with Gasteiger partial charge in [0.05, 0.1) is 13.2 Å². The first-order chi connectivity index (χ1) is 16.1. The van der Waals surface area contributed by atoms with E-state index in [9.17, 15) is 13.2 Å². The summed E-state index contributed by atoms with van der Waals surface area (Å²) in [5.74, 6) is -0.171. The van der Waals surface area contributed by atoms with E-state index in [1.54, 1.807) is 6.07 Å². The SMILES string of the molecule is COc1ccc(C(=O)N[C@H](C)c2cc(C)c(C)cc2C)cc1S(=O)(=O)NCCc1ccccc1. The van der Waals surface area contributed by atoms with Gasteiger partial charge in [-0.1, -0.05) is 42.5 Å². The molecule has 3 rings (SSSR count). The predicted molar refractivity (Wildman–Crippen MR) is 135 cm³/mol. The third kappa shape index (κ3) is 6.04. The van der Waals surface area contributed by atoms with Crippen LogP contribution >= 0.6 is 0 Å². The van der Waals surface area contributed by atoms with Gasteiger partial charge in [-0.3, -0.25) is 4.79 Å². The van der Waals surface area contributed by atoms with Gasteiger partial charge in [0.2, 0.25) is 10.0 Å². The molecule has 0 aromatic heterocycles. The lowest BCUT2D eigenvalue weighted by Crippen LogP contribution is -2.29. The summed E-state index contributed by atoms with van der Waals surface area (Å²) in [5, 5.41) is 2.99. The predicted octanol–water partition coefficient (Wildman–Crippen LogP) is 4.63. The molecule has 34 heavy (non-hydrogen) atoms. The van der Waals surface area contributed by atoms with E-state index in [-0.39, 0.29) is 34.7 Å². The summed E-state index contributed by atoms with van der Waals surface area (Å²) in [6.45, 7) is 8.26. The number of benzene rings is 3. The van der Waals surface area contributed by atoms with Crippen molar-refractivity contribution in [3.8, 4) is 5.75 Å². The van der Waals surface area contributed by atoms with Gasteiger partial charge in [0.25, 0.3) is 5.91 Å². The van der Waals surface area contributed by atoms with Gasteiger partial charge in [-0.2, -0.15) is 0 Å². The first-order valence-corrected chi connectivity index (χ1v) is 12.7.